The Morgan fingerprint density at radius 3 is 2.33 bits per heavy atom. The lowest BCUT2D eigenvalue weighted by Crippen LogP contribution is -2.19. The highest BCUT2D eigenvalue weighted by Crippen LogP contribution is 2.22. The van der Waals surface area contributed by atoms with E-state index < -0.39 is 10.0 Å². The lowest BCUT2D eigenvalue weighted by molar-refractivity contribution is 0.602. The molecule has 0 amide bonds. The van der Waals surface area contributed by atoms with E-state index >= 15 is 0 Å². The van der Waals surface area contributed by atoms with E-state index in [0.29, 0.717) is 5.69 Å². The van der Waals surface area contributed by atoms with Gasteiger partial charge in [0.1, 0.15) is 0 Å². The van der Waals surface area contributed by atoms with Crippen LogP contribution >= 0.6 is 11.6 Å². The van der Waals surface area contributed by atoms with Gasteiger partial charge in [0, 0.05) is 30.3 Å². The quantitative estimate of drug-likeness (QED) is 0.846. The number of hydrogen-bond acceptors (Lipinski definition) is 3. The highest BCUT2D eigenvalue weighted by atomic mass is 35.5. The molecule has 0 aromatic heterocycles. The number of benzene rings is 1. The Morgan fingerprint density at radius 2 is 1.78 bits per heavy atom. The van der Waals surface area contributed by atoms with Gasteiger partial charge in [0.25, 0.3) is 0 Å². The number of hydrogen-bond donors (Lipinski definition) is 1. The Morgan fingerprint density at radius 1 is 1.17 bits per heavy atom. The van der Waals surface area contributed by atoms with Gasteiger partial charge in [-0.15, -0.1) is 11.6 Å². The molecule has 0 atom stereocenters. The molecule has 0 radical (unpaired) electrons. The SMILES string of the molecule is O=S(=O)(CCCl)Nc1ccc(N2CCCC2)cc1. The zero-order valence-corrected chi connectivity index (χ0v) is 11.7. The van der Waals surface area contributed by atoms with Gasteiger partial charge in [-0.25, -0.2) is 8.42 Å². The first-order valence-electron chi connectivity index (χ1n) is 6.02. The number of nitrogens with one attached hydrogen (secondary N) is 1. The smallest absolute Gasteiger partial charge is 0.233 e. The molecule has 0 spiro atoms. The molecule has 1 N–H and O–H groups in total. The molecule has 0 aliphatic carbocycles. The zero-order chi connectivity index (χ0) is 13.0. The molecule has 0 bridgehead atoms. The van der Waals surface area contributed by atoms with Gasteiger partial charge in [-0.3, -0.25) is 4.72 Å². The van der Waals surface area contributed by atoms with Crippen LogP contribution in [0.2, 0.25) is 0 Å². The zero-order valence-electron chi connectivity index (χ0n) is 10.1. The molecule has 1 saturated heterocycles. The van der Waals surface area contributed by atoms with Crippen LogP contribution in [0.4, 0.5) is 11.4 Å². The summed E-state index contributed by atoms with van der Waals surface area (Å²) in [6.07, 6.45) is 2.45. The third-order valence-corrected chi connectivity index (χ3v) is 4.66. The molecule has 1 aromatic rings. The van der Waals surface area contributed by atoms with Crippen LogP contribution in [0.5, 0.6) is 0 Å². The molecule has 0 unspecified atom stereocenters. The molecule has 0 saturated carbocycles. The first-order valence-corrected chi connectivity index (χ1v) is 8.21. The molecule has 6 heteroatoms. The van der Waals surface area contributed by atoms with Crippen molar-refractivity contribution in [2.45, 2.75) is 12.8 Å². The second-order valence-corrected chi connectivity index (χ2v) is 6.57. The summed E-state index contributed by atoms with van der Waals surface area (Å²) in [6, 6.07) is 7.48. The van der Waals surface area contributed by atoms with Crippen LogP contribution < -0.4 is 9.62 Å². The number of sulfonamides is 1. The van der Waals surface area contributed by atoms with Gasteiger partial charge in [-0.1, -0.05) is 0 Å². The number of halogens is 1. The maximum Gasteiger partial charge on any atom is 0.233 e. The van der Waals surface area contributed by atoms with Crippen molar-refractivity contribution in [3.05, 3.63) is 24.3 Å². The summed E-state index contributed by atoms with van der Waals surface area (Å²) in [4.78, 5) is 2.30. The summed E-state index contributed by atoms with van der Waals surface area (Å²) in [5.41, 5.74) is 1.73. The average Bonchev–Trinajstić information content (AvgIpc) is 2.82. The molecule has 18 heavy (non-hydrogen) atoms. The van der Waals surface area contributed by atoms with Crippen LogP contribution in [0.1, 0.15) is 12.8 Å². The van der Waals surface area contributed by atoms with Crippen LogP contribution in [0.3, 0.4) is 0 Å². The van der Waals surface area contributed by atoms with Crippen molar-refractivity contribution in [1.29, 1.82) is 0 Å². The van der Waals surface area contributed by atoms with E-state index in [9.17, 15) is 8.42 Å². The van der Waals surface area contributed by atoms with E-state index in [1.54, 1.807) is 12.1 Å². The van der Waals surface area contributed by atoms with E-state index in [2.05, 4.69) is 9.62 Å². The Labute approximate surface area is 113 Å². The van der Waals surface area contributed by atoms with Crippen molar-refractivity contribution in [3.63, 3.8) is 0 Å². The maximum atomic E-state index is 11.5. The Kier molecular flexibility index (Phi) is 4.35. The molecule has 100 valence electrons. The molecule has 1 aliphatic rings. The molecule has 2 rings (SSSR count). The predicted octanol–water partition coefficient (Wildman–Crippen LogP) is 2.27. The minimum absolute atomic E-state index is 0.0670. The second-order valence-electron chi connectivity index (χ2n) is 4.35. The topological polar surface area (TPSA) is 49.4 Å². The highest BCUT2D eigenvalue weighted by molar-refractivity contribution is 7.92. The van der Waals surface area contributed by atoms with Crippen LogP contribution in [-0.2, 0) is 10.0 Å². The minimum Gasteiger partial charge on any atom is -0.372 e. The third-order valence-electron chi connectivity index (χ3n) is 2.96. The van der Waals surface area contributed by atoms with E-state index in [1.165, 1.54) is 12.8 Å². The fraction of sp³-hybridized carbons (Fsp3) is 0.500. The summed E-state index contributed by atoms with van der Waals surface area (Å²) in [5, 5.41) is 0. The van der Waals surface area contributed by atoms with Crippen molar-refractivity contribution in [2.24, 2.45) is 0 Å². The summed E-state index contributed by atoms with van der Waals surface area (Å²) in [7, 11) is -3.31. The van der Waals surface area contributed by atoms with Gasteiger partial charge >= 0.3 is 0 Å². The number of alkyl halides is 1. The number of rotatable bonds is 5. The molecule has 1 heterocycles. The first kappa shape index (κ1) is 13.5. The Hall–Kier alpha value is -0.940. The molecule has 1 aliphatic heterocycles. The minimum atomic E-state index is -3.31. The van der Waals surface area contributed by atoms with Crippen molar-refractivity contribution in [1.82, 2.24) is 0 Å². The van der Waals surface area contributed by atoms with Gasteiger partial charge in [-0.2, -0.15) is 0 Å². The van der Waals surface area contributed by atoms with Crippen molar-refractivity contribution in [2.75, 3.05) is 34.3 Å². The second kappa shape index (κ2) is 5.80. The summed E-state index contributed by atoms with van der Waals surface area (Å²) in [6.45, 7) is 2.16. The van der Waals surface area contributed by atoms with E-state index in [1.807, 2.05) is 12.1 Å². The van der Waals surface area contributed by atoms with Crippen LogP contribution in [0, 0.1) is 0 Å². The van der Waals surface area contributed by atoms with Gasteiger partial charge in [-0.05, 0) is 37.1 Å². The third kappa shape index (κ3) is 3.53. The molecule has 1 aromatic carbocycles. The largest absolute Gasteiger partial charge is 0.372 e. The number of anilines is 2. The van der Waals surface area contributed by atoms with E-state index in [0.717, 1.165) is 18.8 Å². The first-order chi connectivity index (χ1) is 8.61. The maximum absolute atomic E-state index is 11.5. The lowest BCUT2D eigenvalue weighted by atomic mass is 10.2. The van der Waals surface area contributed by atoms with E-state index in [4.69, 9.17) is 11.6 Å². The fourth-order valence-electron chi connectivity index (χ4n) is 2.05. The predicted molar refractivity (Wildman–Crippen MR) is 76.0 cm³/mol. The molecule has 1 fully saturated rings. The van der Waals surface area contributed by atoms with Gasteiger partial charge < -0.3 is 4.90 Å². The van der Waals surface area contributed by atoms with Gasteiger partial charge in [0.15, 0.2) is 0 Å². The fourth-order valence-corrected chi connectivity index (χ4v) is 3.46. The normalized spacial score (nSPS) is 15.9. The number of nitrogens with zero attached hydrogens (tertiary/aromatic N) is 1. The van der Waals surface area contributed by atoms with Gasteiger partial charge in [0.05, 0.1) is 5.75 Å². The lowest BCUT2D eigenvalue weighted by Gasteiger charge is -2.17. The molecular formula is C12H17ClN2O2S. The van der Waals surface area contributed by atoms with Gasteiger partial charge in [0.2, 0.25) is 10.0 Å². The summed E-state index contributed by atoms with van der Waals surface area (Å²) < 4.78 is 25.6. The average molecular weight is 289 g/mol. The van der Waals surface area contributed by atoms with Crippen molar-refractivity contribution >= 4 is 33.0 Å². The van der Waals surface area contributed by atoms with Crippen LogP contribution in [-0.4, -0.2) is 33.1 Å². The highest BCUT2D eigenvalue weighted by Gasteiger charge is 2.13. The molecule has 4 nitrogen and oxygen atoms in total. The Bertz CT molecular complexity index is 481. The Balaban J connectivity index is 2.03. The van der Waals surface area contributed by atoms with Crippen LogP contribution in [0.25, 0.3) is 0 Å². The van der Waals surface area contributed by atoms with Crippen LogP contribution in [0.15, 0.2) is 24.3 Å². The van der Waals surface area contributed by atoms with E-state index in [-0.39, 0.29) is 11.6 Å². The van der Waals surface area contributed by atoms with Crippen molar-refractivity contribution < 1.29 is 8.42 Å². The monoisotopic (exact) mass is 288 g/mol. The summed E-state index contributed by atoms with van der Waals surface area (Å²) in [5.74, 6) is 0.0314. The van der Waals surface area contributed by atoms with Crippen molar-refractivity contribution in [3.8, 4) is 0 Å². The summed E-state index contributed by atoms with van der Waals surface area (Å²) >= 11 is 5.44. The standard InChI is InChI=1S/C12H17ClN2O2S/c13-7-10-18(16,17)14-11-3-5-12(6-4-11)15-8-1-2-9-15/h3-6,14H,1-2,7-10H2. The molecular weight excluding hydrogens is 272 g/mol.